The molecule has 2 aromatic carbocycles. The fourth-order valence-corrected chi connectivity index (χ4v) is 3.35. The highest BCUT2D eigenvalue weighted by molar-refractivity contribution is 6.02. The summed E-state index contributed by atoms with van der Waals surface area (Å²) in [4.78, 5) is 26.6. The molecule has 0 saturated carbocycles. The molecule has 1 aliphatic heterocycles. The Balaban J connectivity index is 1.40. The van der Waals surface area contributed by atoms with Crippen LogP contribution in [0.4, 0.5) is 10.1 Å². The van der Waals surface area contributed by atoms with E-state index in [-0.39, 0.29) is 23.5 Å². The Bertz CT molecular complexity index is 985. The van der Waals surface area contributed by atoms with Crippen molar-refractivity contribution >= 4 is 17.5 Å². The number of amides is 2. The molecule has 6 nitrogen and oxygen atoms in total. The van der Waals surface area contributed by atoms with Crippen LogP contribution in [0.25, 0.3) is 0 Å². The van der Waals surface area contributed by atoms with Gasteiger partial charge in [-0.2, -0.15) is 5.10 Å². The average Bonchev–Trinajstić information content (AvgIpc) is 3.38. The van der Waals surface area contributed by atoms with Gasteiger partial charge in [-0.15, -0.1) is 0 Å². The van der Waals surface area contributed by atoms with E-state index in [1.54, 1.807) is 23.1 Å². The van der Waals surface area contributed by atoms with Gasteiger partial charge in [0.1, 0.15) is 5.82 Å². The molecule has 0 bridgehead atoms. The van der Waals surface area contributed by atoms with E-state index in [0.29, 0.717) is 30.0 Å². The molecule has 0 radical (unpaired) electrons. The Hall–Kier alpha value is -3.48. The Morgan fingerprint density at radius 3 is 2.61 bits per heavy atom. The number of aromatic nitrogens is 2. The summed E-state index contributed by atoms with van der Waals surface area (Å²) >= 11 is 0. The van der Waals surface area contributed by atoms with Gasteiger partial charge in [0, 0.05) is 36.0 Å². The second-order valence-corrected chi connectivity index (χ2v) is 6.77. The number of hydrogen-bond donors (Lipinski definition) is 2. The molecule has 0 aliphatic carbocycles. The van der Waals surface area contributed by atoms with E-state index >= 15 is 0 Å². The number of nitrogens with zero attached hydrogens (tertiary/aromatic N) is 2. The molecule has 1 atom stereocenters. The van der Waals surface area contributed by atoms with Crippen LogP contribution >= 0.6 is 0 Å². The van der Waals surface area contributed by atoms with Crippen molar-refractivity contribution in [3.63, 3.8) is 0 Å². The van der Waals surface area contributed by atoms with Gasteiger partial charge >= 0.3 is 0 Å². The lowest BCUT2D eigenvalue weighted by Gasteiger charge is -2.16. The first kappa shape index (κ1) is 17.9. The topological polar surface area (TPSA) is 78.1 Å². The van der Waals surface area contributed by atoms with Crippen molar-refractivity contribution in [3.8, 4) is 0 Å². The zero-order valence-corrected chi connectivity index (χ0v) is 15.1. The number of H-pyrrole nitrogens is 1. The molecule has 3 aromatic rings. The minimum atomic E-state index is -0.366. The van der Waals surface area contributed by atoms with Crippen LogP contribution in [0.3, 0.4) is 0 Å². The SMILES string of the molecule is O=C(Nc1ccccc1)c1cc(C2CCN(C(=O)c3ccc(F)cc3)C2)[nH]n1. The molecular weight excluding hydrogens is 359 g/mol. The second-order valence-electron chi connectivity index (χ2n) is 6.77. The molecule has 1 saturated heterocycles. The van der Waals surface area contributed by atoms with Crippen molar-refractivity contribution in [2.24, 2.45) is 0 Å². The number of rotatable bonds is 4. The Labute approximate surface area is 161 Å². The number of benzene rings is 2. The van der Waals surface area contributed by atoms with Crippen LogP contribution < -0.4 is 5.32 Å². The van der Waals surface area contributed by atoms with Crippen molar-refractivity contribution in [2.45, 2.75) is 12.3 Å². The minimum absolute atomic E-state index is 0.0789. The number of halogens is 1. The highest BCUT2D eigenvalue weighted by Crippen LogP contribution is 2.27. The molecule has 1 unspecified atom stereocenters. The maximum atomic E-state index is 13.0. The smallest absolute Gasteiger partial charge is 0.276 e. The van der Waals surface area contributed by atoms with Crippen LogP contribution in [-0.2, 0) is 0 Å². The number of likely N-dealkylation sites (tertiary alicyclic amines) is 1. The maximum absolute atomic E-state index is 13.0. The number of aromatic amines is 1. The van der Waals surface area contributed by atoms with E-state index in [9.17, 15) is 14.0 Å². The van der Waals surface area contributed by atoms with Crippen LogP contribution in [0.1, 0.15) is 38.9 Å². The molecule has 142 valence electrons. The molecule has 2 amide bonds. The third kappa shape index (κ3) is 3.78. The third-order valence-corrected chi connectivity index (χ3v) is 4.87. The van der Waals surface area contributed by atoms with Gasteiger partial charge in [-0.1, -0.05) is 18.2 Å². The number of carbonyl (C=O) groups excluding carboxylic acids is 2. The Kier molecular flexibility index (Phi) is 4.89. The predicted octanol–water partition coefficient (Wildman–Crippen LogP) is 3.43. The van der Waals surface area contributed by atoms with E-state index in [2.05, 4.69) is 15.5 Å². The number of hydrogen-bond acceptors (Lipinski definition) is 3. The molecule has 28 heavy (non-hydrogen) atoms. The highest BCUT2D eigenvalue weighted by atomic mass is 19.1. The van der Waals surface area contributed by atoms with E-state index in [4.69, 9.17) is 0 Å². The largest absolute Gasteiger partial charge is 0.338 e. The van der Waals surface area contributed by atoms with Gasteiger partial charge in [-0.3, -0.25) is 14.7 Å². The van der Waals surface area contributed by atoms with E-state index in [1.165, 1.54) is 24.3 Å². The lowest BCUT2D eigenvalue weighted by atomic mass is 10.0. The van der Waals surface area contributed by atoms with Crippen molar-refractivity contribution in [3.05, 3.63) is 83.4 Å². The maximum Gasteiger partial charge on any atom is 0.276 e. The van der Waals surface area contributed by atoms with E-state index < -0.39 is 0 Å². The predicted molar refractivity (Wildman–Crippen MR) is 103 cm³/mol. The van der Waals surface area contributed by atoms with Crippen molar-refractivity contribution in [1.82, 2.24) is 15.1 Å². The molecule has 2 N–H and O–H groups in total. The highest BCUT2D eigenvalue weighted by Gasteiger charge is 2.29. The molecule has 7 heteroatoms. The number of nitrogens with one attached hydrogen (secondary N) is 2. The summed E-state index contributed by atoms with van der Waals surface area (Å²) in [5.74, 6) is -0.695. The minimum Gasteiger partial charge on any atom is -0.338 e. The van der Waals surface area contributed by atoms with Gasteiger partial charge < -0.3 is 10.2 Å². The lowest BCUT2D eigenvalue weighted by Crippen LogP contribution is -2.28. The first-order valence-electron chi connectivity index (χ1n) is 9.07. The van der Waals surface area contributed by atoms with Crippen LogP contribution in [0.2, 0.25) is 0 Å². The zero-order chi connectivity index (χ0) is 19.5. The van der Waals surface area contributed by atoms with Crippen molar-refractivity contribution in [2.75, 3.05) is 18.4 Å². The number of para-hydroxylation sites is 1. The Morgan fingerprint density at radius 1 is 1.11 bits per heavy atom. The van der Waals surface area contributed by atoms with Gasteiger partial charge in [0.25, 0.3) is 11.8 Å². The van der Waals surface area contributed by atoms with Gasteiger partial charge in [-0.25, -0.2) is 4.39 Å². The first-order chi connectivity index (χ1) is 13.6. The van der Waals surface area contributed by atoms with Crippen LogP contribution in [0.5, 0.6) is 0 Å². The zero-order valence-electron chi connectivity index (χ0n) is 15.1. The second kappa shape index (κ2) is 7.64. The van der Waals surface area contributed by atoms with Crippen molar-refractivity contribution in [1.29, 1.82) is 0 Å². The molecule has 0 spiro atoms. The third-order valence-electron chi connectivity index (χ3n) is 4.87. The van der Waals surface area contributed by atoms with Gasteiger partial charge in [0.2, 0.25) is 0 Å². The molecule has 2 heterocycles. The summed E-state index contributed by atoms with van der Waals surface area (Å²) in [5, 5.41) is 9.83. The summed E-state index contributed by atoms with van der Waals surface area (Å²) in [6, 6.07) is 16.5. The van der Waals surface area contributed by atoms with Crippen molar-refractivity contribution < 1.29 is 14.0 Å². The molecule has 1 fully saturated rings. The molecule has 1 aliphatic rings. The fraction of sp³-hybridized carbons (Fsp3) is 0.190. The normalized spacial score (nSPS) is 16.2. The summed E-state index contributed by atoms with van der Waals surface area (Å²) in [5.41, 5.74) is 2.30. The summed E-state index contributed by atoms with van der Waals surface area (Å²) in [6.07, 6.45) is 0.773. The van der Waals surface area contributed by atoms with Crippen LogP contribution in [0.15, 0.2) is 60.7 Å². The van der Waals surface area contributed by atoms with E-state index in [1.807, 2.05) is 18.2 Å². The molecule has 4 rings (SSSR count). The Morgan fingerprint density at radius 2 is 1.86 bits per heavy atom. The van der Waals surface area contributed by atoms with E-state index in [0.717, 1.165) is 12.1 Å². The standard InChI is InChI=1S/C21H19FN4O2/c22-16-8-6-14(7-9-16)21(28)26-11-10-15(13-26)18-12-19(25-24-18)20(27)23-17-4-2-1-3-5-17/h1-9,12,15H,10-11,13H2,(H,23,27)(H,24,25). The van der Waals surface area contributed by atoms with Gasteiger partial charge in [0.15, 0.2) is 5.69 Å². The van der Waals surface area contributed by atoms with Gasteiger partial charge in [-0.05, 0) is 48.9 Å². The van der Waals surface area contributed by atoms with Crippen LogP contribution in [0, 0.1) is 5.82 Å². The summed E-state index contributed by atoms with van der Waals surface area (Å²) in [6.45, 7) is 1.13. The summed E-state index contributed by atoms with van der Waals surface area (Å²) < 4.78 is 13.0. The summed E-state index contributed by atoms with van der Waals surface area (Å²) in [7, 11) is 0. The number of anilines is 1. The monoisotopic (exact) mass is 378 g/mol. The lowest BCUT2D eigenvalue weighted by molar-refractivity contribution is 0.0790. The quantitative estimate of drug-likeness (QED) is 0.730. The van der Waals surface area contributed by atoms with Gasteiger partial charge in [0.05, 0.1) is 0 Å². The average molecular weight is 378 g/mol. The first-order valence-corrected chi connectivity index (χ1v) is 9.07. The number of carbonyl (C=O) groups is 2. The van der Waals surface area contributed by atoms with Crippen LogP contribution in [-0.4, -0.2) is 40.0 Å². The fourth-order valence-electron chi connectivity index (χ4n) is 3.35. The molecule has 1 aromatic heterocycles. The molecular formula is C21H19FN4O2.